The second-order valence-corrected chi connectivity index (χ2v) is 7.80. The highest BCUT2D eigenvalue weighted by Gasteiger charge is 2.27. The first kappa shape index (κ1) is 24.0. The van der Waals surface area contributed by atoms with Crippen LogP contribution < -0.4 is 10.1 Å². The molecule has 0 radical (unpaired) electrons. The SMILES string of the molecule is CC[C@H](C)NC(=O)[C@H](C)N(Cc1ccc(Cl)c(Cl)c1)C(=O)COc1ccccc1F. The highest BCUT2D eigenvalue weighted by Crippen LogP contribution is 2.24. The van der Waals surface area contributed by atoms with Crippen LogP contribution in [0.3, 0.4) is 0 Å². The number of nitrogens with zero attached hydrogens (tertiary/aromatic N) is 1. The maximum atomic E-state index is 13.8. The van der Waals surface area contributed by atoms with Gasteiger partial charge in [0.25, 0.3) is 5.91 Å². The van der Waals surface area contributed by atoms with E-state index in [0.717, 1.165) is 6.42 Å². The lowest BCUT2D eigenvalue weighted by molar-refractivity contribution is -0.142. The number of ether oxygens (including phenoxy) is 1. The molecule has 0 fully saturated rings. The number of hydrogen-bond donors (Lipinski definition) is 1. The van der Waals surface area contributed by atoms with Crippen molar-refractivity contribution < 1.29 is 18.7 Å². The van der Waals surface area contributed by atoms with Crippen LogP contribution in [0.5, 0.6) is 5.75 Å². The van der Waals surface area contributed by atoms with Gasteiger partial charge in [0.1, 0.15) is 6.04 Å². The number of benzene rings is 2. The maximum absolute atomic E-state index is 13.8. The molecule has 1 N–H and O–H groups in total. The van der Waals surface area contributed by atoms with E-state index in [1.54, 1.807) is 31.2 Å². The molecule has 0 heterocycles. The molecule has 162 valence electrons. The summed E-state index contributed by atoms with van der Waals surface area (Å²) in [6.45, 7) is 5.18. The minimum atomic E-state index is -0.773. The van der Waals surface area contributed by atoms with Crippen molar-refractivity contribution in [3.63, 3.8) is 0 Å². The molecule has 0 aliphatic carbocycles. The molecule has 2 atom stereocenters. The van der Waals surface area contributed by atoms with Gasteiger partial charge in [0.05, 0.1) is 10.0 Å². The van der Waals surface area contributed by atoms with Crippen molar-refractivity contribution in [3.8, 4) is 5.75 Å². The zero-order valence-corrected chi connectivity index (χ0v) is 18.6. The molecule has 0 bridgehead atoms. The van der Waals surface area contributed by atoms with E-state index in [4.69, 9.17) is 27.9 Å². The molecular weight excluding hydrogens is 430 g/mol. The summed E-state index contributed by atoms with van der Waals surface area (Å²) in [7, 11) is 0. The molecule has 2 amide bonds. The molecule has 8 heteroatoms. The standard InChI is InChI=1S/C22H25Cl2FN2O3/c1-4-14(2)26-22(29)15(3)27(12-16-9-10-17(23)18(24)11-16)21(28)13-30-20-8-6-5-7-19(20)25/h5-11,14-15H,4,12-13H2,1-3H3,(H,26,29)/t14-,15-/m0/s1. The minimum Gasteiger partial charge on any atom is -0.481 e. The Balaban J connectivity index is 2.20. The van der Waals surface area contributed by atoms with Crippen molar-refractivity contribution in [3.05, 3.63) is 63.9 Å². The van der Waals surface area contributed by atoms with Gasteiger partial charge in [-0.15, -0.1) is 0 Å². The van der Waals surface area contributed by atoms with Gasteiger partial charge >= 0.3 is 0 Å². The van der Waals surface area contributed by atoms with E-state index in [1.807, 2.05) is 13.8 Å². The number of nitrogens with one attached hydrogen (secondary N) is 1. The van der Waals surface area contributed by atoms with Gasteiger partial charge < -0.3 is 15.0 Å². The van der Waals surface area contributed by atoms with Crippen molar-refractivity contribution in [1.29, 1.82) is 0 Å². The molecule has 0 spiro atoms. The number of halogens is 3. The topological polar surface area (TPSA) is 58.6 Å². The Labute approximate surface area is 186 Å². The average molecular weight is 455 g/mol. The summed E-state index contributed by atoms with van der Waals surface area (Å²) < 4.78 is 19.1. The predicted molar refractivity (Wildman–Crippen MR) is 116 cm³/mol. The molecule has 0 saturated carbocycles. The van der Waals surface area contributed by atoms with Gasteiger partial charge in [-0.2, -0.15) is 0 Å². The number of amides is 2. The van der Waals surface area contributed by atoms with E-state index in [-0.39, 0.29) is 24.2 Å². The third-order valence-corrected chi connectivity index (χ3v) is 5.43. The van der Waals surface area contributed by atoms with Crippen LogP contribution in [0.1, 0.15) is 32.8 Å². The zero-order valence-electron chi connectivity index (χ0n) is 17.1. The molecule has 0 unspecified atom stereocenters. The summed E-state index contributed by atoms with van der Waals surface area (Å²) in [5.41, 5.74) is 0.701. The Bertz CT molecular complexity index is 894. The van der Waals surface area contributed by atoms with Crippen LogP contribution in [-0.2, 0) is 16.1 Å². The summed E-state index contributed by atoms with van der Waals surface area (Å²) in [6.07, 6.45) is 0.760. The van der Waals surface area contributed by atoms with Crippen molar-refractivity contribution in [2.45, 2.75) is 45.8 Å². The van der Waals surface area contributed by atoms with Crippen LogP contribution in [0.25, 0.3) is 0 Å². The van der Waals surface area contributed by atoms with Crippen molar-refractivity contribution in [2.24, 2.45) is 0 Å². The van der Waals surface area contributed by atoms with E-state index in [1.165, 1.54) is 23.1 Å². The molecule has 0 aromatic heterocycles. The summed E-state index contributed by atoms with van der Waals surface area (Å²) in [6, 6.07) is 10.0. The Hall–Kier alpha value is -2.31. The van der Waals surface area contributed by atoms with Crippen molar-refractivity contribution >= 4 is 35.0 Å². The lowest BCUT2D eigenvalue weighted by atomic mass is 10.1. The van der Waals surface area contributed by atoms with Crippen LogP contribution in [0.2, 0.25) is 10.0 Å². The van der Waals surface area contributed by atoms with Crippen LogP contribution in [0.15, 0.2) is 42.5 Å². The molecular formula is C22H25Cl2FN2O3. The fraction of sp³-hybridized carbons (Fsp3) is 0.364. The van der Waals surface area contributed by atoms with Gasteiger partial charge in [-0.1, -0.05) is 48.3 Å². The largest absolute Gasteiger partial charge is 0.481 e. The first-order chi connectivity index (χ1) is 14.2. The maximum Gasteiger partial charge on any atom is 0.261 e. The Kier molecular flexibility index (Phi) is 8.93. The summed E-state index contributed by atoms with van der Waals surface area (Å²) in [4.78, 5) is 26.9. The lowest BCUT2D eigenvalue weighted by Crippen LogP contribution is -2.50. The molecule has 5 nitrogen and oxygen atoms in total. The van der Waals surface area contributed by atoms with E-state index in [2.05, 4.69) is 5.32 Å². The van der Waals surface area contributed by atoms with Gasteiger partial charge in [0.15, 0.2) is 18.2 Å². The Morgan fingerprint density at radius 3 is 2.47 bits per heavy atom. The predicted octanol–water partition coefficient (Wildman–Crippen LogP) is 4.84. The molecule has 2 rings (SSSR count). The second kappa shape index (κ2) is 11.2. The summed E-state index contributed by atoms with van der Waals surface area (Å²) in [5.74, 6) is -1.35. The smallest absolute Gasteiger partial charge is 0.261 e. The third-order valence-electron chi connectivity index (χ3n) is 4.69. The molecule has 30 heavy (non-hydrogen) atoms. The van der Waals surface area contributed by atoms with E-state index in [9.17, 15) is 14.0 Å². The molecule has 2 aromatic carbocycles. The first-order valence-corrected chi connectivity index (χ1v) is 10.4. The minimum absolute atomic E-state index is 0.0305. The summed E-state index contributed by atoms with van der Waals surface area (Å²) >= 11 is 12.1. The monoisotopic (exact) mass is 454 g/mol. The fourth-order valence-electron chi connectivity index (χ4n) is 2.67. The summed E-state index contributed by atoms with van der Waals surface area (Å²) in [5, 5.41) is 3.61. The van der Waals surface area contributed by atoms with Crippen molar-refractivity contribution in [1.82, 2.24) is 10.2 Å². The Morgan fingerprint density at radius 2 is 1.83 bits per heavy atom. The van der Waals surface area contributed by atoms with Gasteiger partial charge in [-0.25, -0.2) is 4.39 Å². The number of rotatable bonds is 9. The van der Waals surface area contributed by atoms with E-state index in [0.29, 0.717) is 15.6 Å². The second-order valence-electron chi connectivity index (χ2n) is 6.98. The Morgan fingerprint density at radius 1 is 1.13 bits per heavy atom. The number of hydrogen-bond acceptors (Lipinski definition) is 3. The first-order valence-electron chi connectivity index (χ1n) is 9.64. The zero-order chi connectivity index (χ0) is 22.3. The van der Waals surface area contributed by atoms with Gasteiger partial charge in [0.2, 0.25) is 5.91 Å². The quantitative estimate of drug-likeness (QED) is 0.589. The average Bonchev–Trinajstić information content (AvgIpc) is 2.73. The number of carbonyl (C=O) groups is 2. The van der Waals surface area contributed by atoms with E-state index >= 15 is 0 Å². The lowest BCUT2D eigenvalue weighted by Gasteiger charge is -2.29. The molecule has 0 aliphatic rings. The van der Waals surface area contributed by atoms with Crippen LogP contribution >= 0.6 is 23.2 Å². The van der Waals surface area contributed by atoms with E-state index < -0.39 is 24.4 Å². The van der Waals surface area contributed by atoms with Gasteiger partial charge in [-0.3, -0.25) is 9.59 Å². The normalized spacial score (nSPS) is 12.7. The number of para-hydroxylation sites is 1. The van der Waals surface area contributed by atoms with Gasteiger partial charge in [0, 0.05) is 12.6 Å². The van der Waals surface area contributed by atoms with Crippen LogP contribution in [0.4, 0.5) is 4.39 Å². The highest BCUT2D eigenvalue weighted by atomic mass is 35.5. The third kappa shape index (κ3) is 6.61. The molecule has 0 aliphatic heterocycles. The highest BCUT2D eigenvalue weighted by molar-refractivity contribution is 6.42. The molecule has 2 aromatic rings. The van der Waals surface area contributed by atoms with Crippen LogP contribution in [0, 0.1) is 5.82 Å². The number of carbonyl (C=O) groups excluding carboxylic acids is 2. The van der Waals surface area contributed by atoms with Crippen LogP contribution in [-0.4, -0.2) is 35.4 Å². The molecule has 0 saturated heterocycles. The van der Waals surface area contributed by atoms with Gasteiger partial charge in [-0.05, 0) is 50.1 Å². The van der Waals surface area contributed by atoms with Crippen molar-refractivity contribution in [2.75, 3.05) is 6.61 Å². The fourth-order valence-corrected chi connectivity index (χ4v) is 2.99.